The number of benzene rings is 1. The first-order chi connectivity index (χ1) is 16.7. The molecule has 0 radical (unpaired) electrons. The van der Waals surface area contributed by atoms with Gasteiger partial charge in [-0.15, -0.1) is 0 Å². The van der Waals surface area contributed by atoms with Gasteiger partial charge in [-0.1, -0.05) is 30.3 Å². The summed E-state index contributed by atoms with van der Waals surface area (Å²) in [6.45, 7) is -0.599. The van der Waals surface area contributed by atoms with E-state index in [2.05, 4.69) is 15.4 Å². The fraction of sp³-hybridized carbons (Fsp3) is 0.545. The molecule has 1 aromatic rings. The fourth-order valence-electron chi connectivity index (χ4n) is 3.28. The van der Waals surface area contributed by atoms with Crippen molar-refractivity contribution in [1.82, 2.24) is 20.9 Å². The molecule has 1 saturated heterocycles. The van der Waals surface area contributed by atoms with E-state index in [1.165, 1.54) is 6.92 Å². The summed E-state index contributed by atoms with van der Waals surface area (Å²) >= 11 is 0. The highest BCUT2D eigenvalue weighted by Crippen LogP contribution is 2.05. The Hall–Kier alpha value is -3.16. The number of nitrogens with one attached hydrogen (secondary N) is 3. The number of carbonyl (C=O) groups is 4. The predicted octanol–water partition coefficient (Wildman–Crippen LogP) is -0.641. The smallest absolute Gasteiger partial charge is 0.345 e. The molecule has 11 nitrogen and oxygen atoms in total. The fourth-order valence-corrected chi connectivity index (χ4v) is 3.28. The van der Waals surface area contributed by atoms with Crippen molar-refractivity contribution in [3.05, 3.63) is 35.9 Å². The average molecular weight is 500 g/mol. The molecule has 4 N–H and O–H groups in total. The van der Waals surface area contributed by atoms with E-state index in [0.717, 1.165) is 5.56 Å². The number of carboxylic acid groups (broad SMARTS) is 1. The molecule has 3 amide bonds. The van der Waals surface area contributed by atoms with Crippen molar-refractivity contribution in [3.63, 3.8) is 0 Å². The molecule has 1 unspecified atom stereocenters. The van der Waals surface area contributed by atoms with Gasteiger partial charge in [0.15, 0.2) is 6.04 Å². The van der Waals surface area contributed by atoms with Crippen LogP contribution in [0.3, 0.4) is 0 Å². The van der Waals surface area contributed by atoms with Crippen molar-refractivity contribution in [2.75, 3.05) is 39.5 Å². The summed E-state index contributed by atoms with van der Waals surface area (Å²) in [6.07, 6.45) is 0.149. The number of aliphatic carboxylic acids is 1. The number of nitrogens with zero attached hydrogens (tertiary/aromatic N) is 1. The van der Waals surface area contributed by atoms with Gasteiger partial charge in [0, 0.05) is 19.5 Å². The topological polar surface area (TPSA) is 146 Å². The third-order valence-corrected chi connectivity index (χ3v) is 5.16. The van der Waals surface area contributed by atoms with E-state index in [-0.39, 0.29) is 18.9 Å². The highest BCUT2D eigenvalue weighted by atomic mass is 19.3. The Morgan fingerprint density at radius 3 is 2.29 bits per heavy atom. The Balaban J connectivity index is 2.00. The summed E-state index contributed by atoms with van der Waals surface area (Å²) in [7, 11) is 0. The summed E-state index contributed by atoms with van der Waals surface area (Å²) in [6, 6.07) is 4.97. The standard InChI is InChI=1S/C22H30F2N4O7/c1-14(19(30)27-17(21(32)33)13-35-22(23)24)25-20(31)16(11-15-5-3-2-4-6-15)26-18(29)12-28-7-9-34-10-8-28/h2-6,14,16-17,22H,7-13H2,1H3,(H,25,31)(H,26,29)(H,27,30)(H,32,33)/t14?,16-,17-/m0/s1. The number of ether oxygens (including phenoxy) is 2. The van der Waals surface area contributed by atoms with Gasteiger partial charge in [0.05, 0.1) is 26.4 Å². The van der Waals surface area contributed by atoms with E-state index in [1.807, 2.05) is 10.2 Å². The molecule has 2 rings (SSSR count). The Kier molecular flexibility index (Phi) is 11.5. The molecule has 0 aliphatic carbocycles. The SMILES string of the molecule is CC(NC(=O)[C@H](Cc1ccccc1)NC(=O)CN1CCOCC1)C(=O)N[C@@H](COC(F)F)C(=O)O. The van der Waals surface area contributed by atoms with Crippen LogP contribution in [0.5, 0.6) is 0 Å². The molecule has 0 aromatic heterocycles. The van der Waals surface area contributed by atoms with E-state index in [0.29, 0.717) is 26.3 Å². The second kappa shape index (κ2) is 14.3. The van der Waals surface area contributed by atoms with Crippen LogP contribution in [0.2, 0.25) is 0 Å². The molecular formula is C22H30F2N4O7. The highest BCUT2D eigenvalue weighted by Gasteiger charge is 2.28. The van der Waals surface area contributed by atoms with Crippen molar-refractivity contribution in [3.8, 4) is 0 Å². The molecule has 0 spiro atoms. The van der Waals surface area contributed by atoms with Crippen LogP contribution in [0.25, 0.3) is 0 Å². The van der Waals surface area contributed by atoms with Gasteiger partial charge in [0.2, 0.25) is 17.7 Å². The maximum Gasteiger partial charge on any atom is 0.345 e. The third-order valence-electron chi connectivity index (χ3n) is 5.16. The molecule has 0 bridgehead atoms. The molecule has 194 valence electrons. The number of hydrogen-bond acceptors (Lipinski definition) is 7. The van der Waals surface area contributed by atoms with E-state index in [9.17, 15) is 28.0 Å². The van der Waals surface area contributed by atoms with Crippen LogP contribution in [0.15, 0.2) is 30.3 Å². The second-order valence-corrected chi connectivity index (χ2v) is 7.92. The lowest BCUT2D eigenvalue weighted by atomic mass is 10.0. The summed E-state index contributed by atoms with van der Waals surface area (Å²) < 4.78 is 33.7. The van der Waals surface area contributed by atoms with Crippen LogP contribution in [0.4, 0.5) is 8.78 Å². The Morgan fingerprint density at radius 2 is 1.69 bits per heavy atom. The van der Waals surface area contributed by atoms with Crippen molar-refractivity contribution in [2.45, 2.75) is 38.1 Å². The molecule has 1 heterocycles. The first-order valence-electron chi connectivity index (χ1n) is 11.0. The van der Waals surface area contributed by atoms with Gasteiger partial charge >= 0.3 is 12.6 Å². The van der Waals surface area contributed by atoms with Gasteiger partial charge in [-0.25, -0.2) is 4.79 Å². The van der Waals surface area contributed by atoms with Crippen molar-refractivity contribution >= 4 is 23.7 Å². The zero-order valence-electron chi connectivity index (χ0n) is 19.2. The lowest BCUT2D eigenvalue weighted by molar-refractivity contribution is -0.156. The molecule has 35 heavy (non-hydrogen) atoms. The monoisotopic (exact) mass is 500 g/mol. The van der Waals surface area contributed by atoms with Gasteiger partial charge in [-0.2, -0.15) is 8.78 Å². The summed E-state index contributed by atoms with van der Waals surface area (Å²) in [5.41, 5.74) is 0.770. The number of carboxylic acids is 1. The van der Waals surface area contributed by atoms with E-state index in [4.69, 9.17) is 9.84 Å². The maximum atomic E-state index is 12.9. The van der Waals surface area contributed by atoms with Crippen LogP contribution >= 0.6 is 0 Å². The molecule has 1 fully saturated rings. The first-order valence-corrected chi connectivity index (χ1v) is 11.0. The maximum absolute atomic E-state index is 12.9. The molecule has 13 heteroatoms. The number of hydrogen-bond donors (Lipinski definition) is 4. The number of alkyl halides is 2. The van der Waals surface area contributed by atoms with Crippen LogP contribution in [-0.2, 0) is 35.1 Å². The molecule has 0 saturated carbocycles. The molecule has 1 aliphatic rings. The predicted molar refractivity (Wildman–Crippen MR) is 118 cm³/mol. The summed E-state index contributed by atoms with van der Waals surface area (Å²) in [4.78, 5) is 51.0. The minimum absolute atomic E-state index is 0.0718. The summed E-state index contributed by atoms with van der Waals surface area (Å²) in [5, 5.41) is 16.3. The molecule has 3 atom stereocenters. The number of rotatable bonds is 13. The quantitative estimate of drug-likeness (QED) is 0.280. The summed E-state index contributed by atoms with van der Waals surface area (Å²) in [5.74, 6) is -3.53. The number of halogens is 2. The van der Waals surface area contributed by atoms with Gasteiger partial charge < -0.3 is 30.5 Å². The minimum atomic E-state index is -3.20. The second-order valence-electron chi connectivity index (χ2n) is 7.92. The van der Waals surface area contributed by atoms with Crippen LogP contribution in [-0.4, -0.2) is 97.9 Å². The molecule has 1 aromatic carbocycles. The van der Waals surface area contributed by atoms with Crippen LogP contribution in [0, 0.1) is 0 Å². The number of carbonyl (C=O) groups excluding carboxylic acids is 3. The lowest BCUT2D eigenvalue weighted by Gasteiger charge is -2.27. The van der Waals surface area contributed by atoms with E-state index < -0.39 is 49.1 Å². The lowest BCUT2D eigenvalue weighted by Crippen LogP contribution is -2.56. The third kappa shape index (κ3) is 10.3. The molecule has 1 aliphatic heterocycles. The van der Waals surface area contributed by atoms with Crippen LogP contribution < -0.4 is 16.0 Å². The molecular weight excluding hydrogens is 470 g/mol. The average Bonchev–Trinajstić information content (AvgIpc) is 2.82. The van der Waals surface area contributed by atoms with E-state index >= 15 is 0 Å². The zero-order chi connectivity index (χ0) is 25.8. The zero-order valence-corrected chi connectivity index (χ0v) is 19.2. The van der Waals surface area contributed by atoms with Crippen molar-refractivity contribution in [1.29, 1.82) is 0 Å². The first kappa shape index (κ1) is 28.1. The number of morpholine rings is 1. The van der Waals surface area contributed by atoms with Gasteiger partial charge in [0.1, 0.15) is 12.1 Å². The van der Waals surface area contributed by atoms with E-state index in [1.54, 1.807) is 30.3 Å². The van der Waals surface area contributed by atoms with Gasteiger partial charge in [0.25, 0.3) is 0 Å². The van der Waals surface area contributed by atoms with Gasteiger partial charge in [-0.3, -0.25) is 19.3 Å². The Labute approximate surface area is 201 Å². The highest BCUT2D eigenvalue weighted by molar-refractivity contribution is 5.93. The normalized spacial score (nSPS) is 16.7. The Bertz CT molecular complexity index is 853. The largest absolute Gasteiger partial charge is 0.480 e. The van der Waals surface area contributed by atoms with Crippen molar-refractivity contribution < 1.29 is 42.5 Å². The minimum Gasteiger partial charge on any atom is -0.480 e. The van der Waals surface area contributed by atoms with Crippen molar-refractivity contribution in [2.24, 2.45) is 0 Å². The Morgan fingerprint density at radius 1 is 1.03 bits per heavy atom. The number of amides is 3. The van der Waals surface area contributed by atoms with Crippen LogP contribution in [0.1, 0.15) is 12.5 Å². The van der Waals surface area contributed by atoms with Gasteiger partial charge in [-0.05, 0) is 12.5 Å².